The van der Waals surface area contributed by atoms with Gasteiger partial charge in [0.15, 0.2) is 5.11 Å². The van der Waals surface area contributed by atoms with Gasteiger partial charge in [-0.2, -0.15) is 0 Å². The van der Waals surface area contributed by atoms with Crippen molar-refractivity contribution < 1.29 is 4.42 Å². The maximum Gasteiger partial charge on any atom is 0.170 e. The van der Waals surface area contributed by atoms with Crippen LogP contribution < -0.4 is 10.6 Å². The minimum absolute atomic E-state index is 0.170. The van der Waals surface area contributed by atoms with Crippen molar-refractivity contribution in [2.45, 2.75) is 25.3 Å². The Hall–Kier alpha value is -1.27. The Morgan fingerprint density at radius 3 is 2.64 bits per heavy atom. The summed E-state index contributed by atoms with van der Waals surface area (Å²) in [6.45, 7) is 2.85. The first-order chi connectivity index (χ1) is 12.1. The fourth-order valence-electron chi connectivity index (χ4n) is 3.06. The van der Waals surface area contributed by atoms with Crippen LogP contribution in [0.2, 0.25) is 10.0 Å². The van der Waals surface area contributed by atoms with Crippen LogP contribution in [0.15, 0.2) is 41.0 Å². The van der Waals surface area contributed by atoms with Crippen LogP contribution in [0.1, 0.15) is 31.1 Å². The van der Waals surface area contributed by atoms with Crippen molar-refractivity contribution in [2.75, 3.05) is 25.0 Å². The zero-order valence-corrected chi connectivity index (χ0v) is 16.1. The third-order valence-electron chi connectivity index (χ3n) is 4.34. The summed E-state index contributed by atoms with van der Waals surface area (Å²) in [6.07, 6.45) is 5.47. The number of halogens is 2. The smallest absolute Gasteiger partial charge is 0.170 e. The van der Waals surface area contributed by atoms with Gasteiger partial charge in [-0.05, 0) is 68.5 Å². The maximum absolute atomic E-state index is 6.04. The van der Waals surface area contributed by atoms with E-state index >= 15 is 0 Å². The van der Waals surface area contributed by atoms with Gasteiger partial charge in [-0.1, -0.05) is 29.6 Å². The summed E-state index contributed by atoms with van der Waals surface area (Å²) in [5.74, 6) is 0.965. The normalized spacial score (nSPS) is 16.4. The molecule has 1 aliphatic rings. The van der Waals surface area contributed by atoms with E-state index in [4.69, 9.17) is 39.8 Å². The molecule has 1 aliphatic heterocycles. The molecule has 3 rings (SSSR count). The molecule has 2 N–H and O–H groups in total. The van der Waals surface area contributed by atoms with Gasteiger partial charge in [0.1, 0.15) is 5.76 Å². The molecule has 0 bridgehead atoms. The molecular formula is C18H21Cl2N3OS. The lowest BCUT2D eigenvalue weighted by Crippen LogP contribution is -2.41. The molecule has 0 aliphatic carbocycles. The van der Waals surface area contributed by atoms with Crippen LogP contribution in [-0.2, 0) is 0 Å². The van der Waals surface area contributed by atoms with E-state index in [1.54, 1.807) is 18.4 Å². The number of rotatable bonds is 5. The molecule has 25 heavy (non-hydrogen) atoms. The molecule has 1 aromatic heterocycles. The lowest BCUT2D eigenvalue weighted by molar-refractivity contribution is 0.146. The molecule has 1 saturated heterocycles. The van der Waals surface area contributed by atoms with E-state index in [0.29, 0.717) is 21.7 Å². The number of nitrogens with zero attached hydrogens (tertiary/aromatic N) is 1. The fraction of sp³-hybridized carbons (Fsp3) is 0.389. The highest BCUT2D eigenvalue weighted by molar-refractivity contribution is 7.80. The van der Waals surface area contributed by atoms with Gasteiger partial charge in [0, 0.05) is 12.2 Å². The van der Waals surface area contributed by atoms with E-state index < -0.39 is 0 Å². The van der Waals surface area contributed by atoms with Crippen LogP contribution in [-0.4, -0.2) is 29.6 Å². The number of piperidine rings is 1. The average Bonchev–Trinajstić information content (AvgIpc) is 3.14. The van der Waals surface area contributed by atoms with Crippen LogP contribution in [0.3, 0.4) is 0 Å². The van der Waals surface area contributed by atoms with Gasteiger partial charge in [-0.25, -0.2) is 0 Å². The molecule has 134 valence electrons. The molecular weight excluding hydrogens is 377 g/mol. The summed E-state index contributed by atoms with van der Waals surface area (Å²) >= 11 is 17.4. The Labute approximate surface area is 163 Å². The third kappa shape index (κ3) is 5.11. The highest BCUT2D eigenvalue weighted by atomic mass is 35.5. The van der Waals surface area contributed by atoms with E-state index in [2.05, 4.69) is 15.5 Å². The molecule has 1 unspecified atom stereocenters. The van der Waals surface area contributed by atoms with Gasteiger partial charge in [-0.15, -0.1) is 0 Å². The van der Waals surface area contributed by atoms with Gasteiger partial charge < -0.3 is 15.1 Å². The van der Waals surface area contributed by atoms with E-state index in [0.717, 1.165) is 24.5 Å². The lowest BCUT2D eigenvalue weighted by Gasteiger charge is -2.33. The predicted molar refractivity (Wildman–Crippen MR) is 108 cm³/mol. The number of benzene rings is 1. The molecule has 1 fully saturated rings. The average molecular weight is 398 g/mol. The van der Waals surface area contributed by atoms with E-state index in [1.165, 1.54) is 19.3 Å². The second-order valence-electron chi connectivity index (χ2n) is 6.09. The summed E-state index contributed by atoms with van der Waals surface area (Å²) in [7, 11) is 0. The van der Waals surface area contributed by atoms with Gasteiger partial charge >= 0.3 is 0 Å². The van der Waals surface area contributed by atoms with E-state index in [9.17, 15) is 0 Å². The minimum atomic E-state index is 0.170. The van der Waals surface area contributed by atoms with Crippen LogP contribution >= 0.6 is 35.4 Å². The zero-order chi connectivity index (χ0) is 17.6. The van der Waals surface area contributed by atoms with Crippen LogP contribution in [0.5, 0.6) is 0 Å². The molecule has 0 amide bonds. The monoisotopic (exact) mass is 397 g/mol. The number of likely N-dealkylation sites (tertiary alicyclic amines) is 1. The molecule has 4 nitrogen and oxygen atoms in total. The number of thiocarbonyl (C=S) groups is 1. The molecule has 2 aromatic rings. The van der Waals surface area contributed by atoms with Crippen LogP contribution in [0.4, 0.5) is 5.69 Å². The van der Waals surface area contributed by atoms with Crippen molar-refractivity contribution in [1.29, 1.82) is 0 Å². The number of nitrogens with one attached hydrogen (secondary N) is 2. The van der Waals surface area contributed by atoms with E-state index in [1.807, 2.05) is 18.2 Å². The summed E-state index contributed by atoms with van der Waals surface area (Å²) in [5.41, 5.74) is 0.805. The van der Waals surface area contributed by atoms with Crippen molar-refractivity contribution in [2.24, 2.45) is 0 Å². The zero-order valence-electron chi connectivity index (χ0n) is 13.8. The van der Waals surface area contributed by atoms with Gasteiger partial charge in [0.05, 0.1) is 22.4 Å². The minimum Gasteiger partial charge on any atom is -0.468 e. The maximum atomic E-state index is 6.04. The number of furan rings is 1. The van der Waals surface area contributed by atoms with Crippen molar-refractivity contribution in [3.63, 3.8) is 0 Å². The first kappa shape index (κ1) is 18.5. The van der Waals surface area contributed by atoms with Gasteiger partial charge in [0.25, 0.3) is 0 Å². The molecule has 0 radical (unpaired) electrons. The highest BCUT2D eigenvalue weighted by Gasteiger charge is 2.24. The topological polar surface area (TPSA) is 40.4 Å². The Bertz CT molecular complexity index is 702. The molecule has 1 atom stereocenters. The van der Waals surface area contributed by atoms with Crippen molar-refractivity contribution in [3.05, 3.63) is 52.4 Å². The number of anilines is 1. The highest BCUT2D eigenvalue weighted by Crippen LogP contribution is 2.26. The predicted octanol–water partition coefficient (Wildman–Crippen LogP) is 5.10. The quantitative estimate of drug-likeness (QED) is 0.686. The lowest BCUT2D eigenvalue weighted by atomic mass is 10.1. The summed E-state index contributed by atoms with van der Waals surface area (Å²) < 4.78 is 5.65. The SMILES string of the molecule is S=C(NCC(c1ccco1)N1CCCCC1)Nc1ccc(Cl)c(Cl)c1. The molecule has 1 aromatic carbocycles. The van der Waals surface area contributed by atoms with Crippen LogP contribution in [0, 0.1) is 0 Å². The van der Waals surface area contributed by atoms with Crippen molar-refractivity contribution in [1.82, 2.24) is 10.2 Å². The number of hydrogen-bond acceptors (Lipinski definition) is 3. The summed E-state index contributed by atoms with van der Waals surface area (Å²) in [6, 6.07) is 9.47. The second kappa shape index (κ2) is 8.90. The summed E-state index contributed by atoms with van der Waals surface area (Å²) in [4.78, 5) is 2.46. The Morgan fingerprint density at radius 2 is 1.96 bits per heavy atom. The summed E-state index contributed by atoms with van der Waals surface area (Å²) in [5, 5.41) is 8.00. The third-order valence-corrected chi connectivity index (χ3v) is 5.32. The largest absolute Gasteiger partial charge is 0.468 e. The van der Waals surface area contributed by atoms with Crippen molar-refractivity contribution >= 4 is 46.2 Å². The molecule has 7 heteroatoms. The Balaban J connectivity index is 1.60. The molecule has 2 heterocycles. The fourth-order valence-corrected chi connectivity index (χ4v) is 3.56. The van der Waals surface area contributed by atoms with Gasteiger partial charge in [0.2, 0.25) is 0 Å². The first-order valence-electron chi connectivity index (χ1n) is 8.41. The van der Waals surface area contributed by atoms with E-state index in [-0.39, 0.29) is 6.04 Å². The Morgan fingerprint density at radius 1 is 1.16 bits per heavy atom. The molecule has 0 spiro atoms. The molecule has 0 saturated carbocycles. The van der Waals surface area contributed by atoms with Crippen LogP contribution in [0.25, 0.3) is 0 Å². The first-order valence-corrected chi connectivity index (χ1v) is 9.57. The van der Waals surface area contributed by atoms with Gasteiger partial charge in [-0.3, -0.25) is 4.90 Å². The Kier molecular flexibility index (Phi) is 6.59. The van der Waals surface area contributed by atoms with Crippen molar-refractivity contribution in [3.8, 4) is 0 Å². The second-order valence-corrected chi connectivity index (χ2v) is 7.31. The number of hydrogen-bond donors (Lipinski definition) is 2. The standard InChI is InChI=1S/C18H21Cl2N3OS/c19-14-7-6-13(11-15(14)20)22-18(25)21-12-16(17-5-4-10-24-17)23-8-2-1-3-9-23/h4-7,10-11,16H,1-3,8-9,12H2,(H2,21,22,25).